The Labute approximate surface area is 212 Å². The van der Waals surface area contributed by atoms with E-state index in [1.165, 1.54) is 0 Å². The summed E-state index contributed by atoms with van der Waals surface area (Å²) in [5.41, 5.74) is 0.544. The van der Waals surface area contributed by atoms with Crippen molar-refractivity contribution >= 4 is 20.3 Å². The molecule has 0 aromatic heterocycles. The number of hydrogen-bond acceptors (Lipinski definition) is 4. The van der Waals surface area contributed by atoms with Crippen molar-refractivity contribution in [2.24, 2.45) is 5.41 Å². The summed E-state index contributed by atoms with van der Waals surface area (Å²) in [7, 11) is -1.77. The van der Waals surface area contributed by atoms with Crippen LogP contribution in [0.15, 0.2) is 30.3 Å². The highest BCUT2D eigenvalue weighted by Crippen LogP contribution is 2.44. The maximum absolute atomic E-state index is 13.7. The van der Waals surface area contributed by atoms with E-state index in [1.807, 2.05) is 30.3 Å². The van der Waals surface area contributed by atoms with E-state index in [0.29, 0.717) is 25.2 Å². The Kier molecular flexibility index (Phi) is 7.67. The van der Waals surface area contributed by atoms with Gasteiger partial charge in [0.1, 0.15) is 6.61 Å². The molecule has 194 valence electrons. The summed E-state index contributed by atoms with van der Waals surface area (Å²) < 4.78 is 12.2. The fourth-order valence-electron chi connectivity index (χ4n) is 5.74. The molecule has 1 aromatic rings. The number of likely N-dealkylation sites (tertiary alicyclic amines) is 2. The van der Waals surface area contributed by atoms with Crippen molar-refractivity contribution in [2.45, 2.75) is 103 Å². The highest BCUT2D eigenvalue weighted by molar-refractivity contribution is 6.74. The molecule has 6 nitrogen and oxygen atoms in total. The number of rotatable bonds is 5. The van der Waals surface area contributed by atoms with Gasteiger partial charge in [-0.3, -0.25) is 4.79 Å². The van der Waals surface area contributed by atoms with Gasteiger partial charge in [0.15, 0.2) is 8.32 Å². The summed E-state index contributed by atoms with van der Waals surface area (Å²) in [6, 6.07) is 10.0. The first-order chi connectivity index (χ1) is 16.5. The smallest absolute Gasteiger partial charge is 0.410 e. The standard InChI is InChI=1S/C28H44N2O4Si/c1-27(2,3)35(4,5)34-24-14-12-23(13-15-24)30-19-17-28(25(30)31)16-9-18-29(21-28)26(32)33-20-22-10-7-6-8-11-22/h6-8,10-11,23-24H,9,12-21H2,1-5H3. The lowest BCUT2D eigenvalue weighted by Gasteiger charge is -2.43. The molecule has 1 aromatic carbocycles. The average Bonchev–Trinajstić information content (AvgIpc) is 3.13. The number of ether oxygens (including phenoxy) is 1. The zero-order valence-electron chi connectivity index (χ0n) is 22.3. The molecular formula is C28H44N2O4Si. The van der Waals surface area contributed by atoms with Crippen LogP contribution in [0.3, 0.4) is 0 Å². The number of nitrogens with zero attached hydrogens (tertiary/aromatic N) is 2. The summed E-state index contributed by atoms with van der Waals surface area (Å²) in [5, 5.41) is 0.219. The zero-order valence-corrected chi connectivity index (χ0v) is 23.3. The number of carbonyl (C=O) groups is 2. The summed E-state index contributed by atoms with van der Waals surface area (Å²) in [6.07, 6.45) is 6.69. The van der Waals surface area contributed by atoms with Crippen molar-refractivity contribution in [3.63, 3.8) is 0 Å². The van der Waals surface area contributed by atoms with E-state index in [1.54, 1.807) is 4.90 Å². The van der Waals surface area contributed by atoms with E-state index in [0.717, 1.165) is 57.1 Å². The molecule has 2 aliphatic heterocycles. The van der Waals surface area contributed by atoms with Crippen molar-refractivity contribution in [3.05, 3.63) is 35.9 Å². The molecule has 2 saturated heterocycles. The second kappa shape index (κ2) is 10.2. The first kappa shape index (κ1) is 26.2. The van der Waals surface area contributed by atoms with Crippen LogP contribution in [0.2, 0.25) is 18.1 Å². The quantitative estimate of drug-likeness (QED) is 0.467. The van der Waals surface area contributed by atoms with E-state index in [2.05, 4.69) is 38.8 Å². The lowest BCUT2D eigenvalue weighted by Crippen LogP contribution is -2.52. The largest absolute Gasteiger partial charge is 0.445 e. The maximum atomic E-state index is 13.7. The van der Waals surface area contributed by atoms with Gasteiger partial charge in [-0.1, -0.05) is 51.1 Å². The second-order valence-electron chi connectivity index (χ2n) is 12.4. The van der Waals surface area contributed by atoms with Gasteiger partial charge in [0, 0.05) is 31.8 Å². The third kappa shape index (κ3) is 5.77. The lowest BCUT2D eigenvalue weighted by molar-refractivity contribution is -0.141. The molecule has 2 heterocycles. The van der Waals surface area contributed by atoms with Crippen LogP contribution in [0.1, 0.15) is 71.3 Å². The van der Waals surface area contributed by atoms with Gasteiger partial charge in [0.05, 0.1) is 5.41 Å². The summed E-state index contributed by atoms with van der Waals surface area (Å²) in [5.74, 6) is 0.256. The summed E-state index contributed by atoms with van der Waals surface area (Å²) in [6.45, 7) is 13.7. The number of piperidine rings is 1. The first-order valence-corrected chi connectivity index (χ1v) is 16.4. The van der Waals surface area contributed by atoms with E-state index < -0.39 is 13.7 Å². The third-order valence-electron chi connectivity index (χ3n) is 8.94. The molecule has 1 atom stereocenters. The van der Waals surface area contributed by atoms with Crippen molar-refractivity contribution < 1.29 is 18.8 Å². The van der Waals surface area contributed by atoms with Gasteiger partial charge in [-0.25, -0.2) is 4.79 Å². The Morgan fingerprint density at radius 3 is 2.40 bits per heavy atom. The van der Waals surface area contributed by atoms with Crippen molar-refractivity contribution in [2.75, 3.05) is 19.6 Å². The Balaban J connectivity index is 1.30. The van der Waals surface area contributed by atoms with Crippen LogP contribution in [0.25, 0.3) is 0 Å². The molecular weight excluding hydrogens is 456 g/mol. The fraction of sp³-hybridized carbons (Fsp3) is 0.714. The monoisotopic (exact) mass is 500 g/mol. The number of benzene rings is 1. The Morgan fingerprint density at radius 1 is 1.06 bits per heavy atom. The van der Waals surface area contributed by atoms with Gasteiger partial charge < -0.3 is 19.0 Å². The van der Waals surface area contributed by atoms with E-state index in [4.69, 9.17) is 9.16 Å². The molecule has 2 amide bonds. The maximum Gasteiger partial charge on any atom is 0.410 e. The van der Waals surface area contributed by atoms with Gasteiger partial charge in [0.2, 0.25) is 5.91 Å². The molecule has 1 aliphatic carbocycles. The molecule has 1 spiro atoms. The molecule has 1 unspecified atom stereocenters. The van der Waals surface area contributed by atoms with Crippen LogP contribution in [-0.4, -0.2) is 61.9 Å². The average molecular weight is 501 g/mol. The minimum Gasteiger partial charge on any atom is -0.445 e. The minimum atomic E-state index is -1.77. The Hall–Kier alpha value is -1.86. The van der Waals surface area contributed by atoms with Crippen molar-refractivity contribution in [3.8, 4) is 0 Å². The molecule has 0 bridgehead atoms. The minimum absolute atomic E-state index is 0.219. The molecule has 7 heteroatoms. The molecule has 0 N–H and O–H groups in total. The first-order valence-electron chi connectivity index (χ1n) is 13.5. The van der Waals surface area contributed by atoms with Gasteiger partial charge in [-0.05, 0) is 68.6 Å². The predicted octanol–water partition coefficient (Wildman–Crippen LogP) is 5.97. The van der Waals surface area contributed by atoms with Gasteiger partial charge in [-0.2, -0.15) is 0 Å². The van der Waals surface area contributed by atoms with Crippen LogP contribution in [0.5, 0.6) is 0 Å². The zero-order chi connectivity index (χ0) is 25.3. The second-order valence-corrected chi connectivity index (χ2v) is 17.2. The molecule has 35 heavy (non-hydrogen) atoms. The summed E-state index contributed by atoms with van der Waals surface area (Å²) >= 11 is 0. The van der Waals surface area contributed by atoms with Crippen LogP contribution in [0.4, 0.5) is 4.79 Å². The molecule has 4 rings (SSSR count). The SMILES string of the molecule is CC(C)(C)[Si](C)(C)OC1CCC(N2CCC3(CCCN(C(=O)OCc4ccccc4)C3)C2=O)CC1. The Morgan fingerprint density at radius 2 is 1.74 bits per heavy atom. The Bertz CT molecular complexity index is 892. The number of amides is 2. The van der Waals surface area contributed by atoms with Crippen molar-refractivity contribution in [1.82, 2.24) is 9.80 Å². The predicted molar refractivity (Wildman–Crippen MR) is 141 cm³/mol. The molecule has 0 radical (unpaired) electrons. The number of hydrogen-bond donors (Lipinski definition) is 0. The van der Waals surface area contributed by atoms with Gasteiger partial charge >= 0.3 is 6.09 Å². The van der Waals surface area contributed by atoms with Crippen molar-refractivity contribution in [1.29, 1.82) is 0 Å². The van der Waals surface area contributed by atoms with E-state index in [-0.39, 0.29) is 23.6 Å². The normalized spacial score (nSPS) is 28.0. The third-order valence-corrected chi connectivity index (χ3v) is 13.5. The topological polar surface area (TPSA) is 59.1 Å². The summed E-state index contributed by atoms with van der Waals surface area (Å²) in [4.78, 5) is 30.4. The highest BCUT2D eigenvalue weighted by atomic mass is 28.4. The van der Waals surface area contributed by atoms with Crippen LogP contribution in [-0.2, 0) is 20.6 Å². The molecule has 1 saturated carbocycles. The highest BCUT2D eigenvalue weighted by Gasteiger charge is 2.51. The van der Waals surface area contributed by atoms with E-state index in [9.17, 15) is 9.59 Å². The van der Waals surface area contributed by atoms with Crippen LogP contribution < -0.4 is 0 Å². The van der Waals surface area contributed by atoms with E-state index >= 15 is 0 Å². The molecule has 3 fully saturated rings. The van der Waals surface area contributed by atoms with Gasteiger partial charge in [0.25, 0.3) is 0 Å². The molecule has 3 aliphatic rings. The van der Waals surface area contributed by atoms with Gasteiger partial charge in [-0.15, -0.1) is 0 Å². The van der Waals surface area contributed by atoms with Crippen LogP contribution >= 0.6 is 0 Å². The fourth-order valence-corrected chi connectivity index (χ4v) is 7.16. The van der Waals surface area contributed by atoms with Crippen LogP contribution in [0, 0.1) is 5.41 Å². The lowest BCUT2D eigenvalue weighted by atomic mass is 9.78. The number of carbonyl (C=O) groups excluding carboxylic acids is 2.